The van der Waals surface area contributed by atoms with Crippen molar-refractivity contribution in [1.82, 2.24) is 10.2 Å². The van der Waals surface area contributed by atoms with Crippen molar-refractivity contribution in [3.8, 4) is 0 Å². The first-order valence-corrected chi connectivity index (χ1v) is 8.28. The van der Waals surface area contributed by atoms with Crippen LogP contribution in [0.5, 0.6) is 0 Å². The van der Waals surface area contributed by atoms with Crippen molar-refractivity contribution < 1.29 is 22.8 Å². The number of nitrogens with one attached hydrogen (secondary N) is 2. The highest BCUT2D eigenvalue weighted by Gasteiger charge is 2.20. The Morgan fingerprint density at radius 1 is 1.08 bits per heavy atom. The number of amides is 2. The highest BCUT2D eigenvalue weighted by molar-refractivity contribution is 5.94. The van der Waals surface area contributed by atoms with Crippen LogP contribution in [0.1, 0.15) is 32.1 Å². The van der Waals surface area contributed by atoms with E-state index in [1.54, 1.807) is 0 Å². The zero-order valence-electron chi connectivity index (χ0n) is 14.1. The maximum Gasteiger partial charge on any atom is 0.243 e. The van der Waals surface area contributed by atoms with Crippen molar-refractivity contribution in [2.75, 3.05) is 25.5 Å². The molecule has 5 nitrogen and oxygen atoms in total. The number of hydrogen-bond donors (Lipinski definition) is 2. The van der Waals surface area contributed by atoms with Gasteiger partial charge in [-0.3, -0.25) is 14.5 Å². The van der Waals surface area contributed by atoms with E-state index >= 15 is 0 Å². The summed E-state index contributed by atoms with van der Waals surface area (Å²) in [5.74, 6) is -5.52. The SMILES string of the molecule is CN(CC(=O)NCC(=O)Nc1ccc(F)c(F)c1F)C1CCCCC1. The second-order valence-corrected chi connectivity index (χ2v) is 6.25. The lowest BCUT2D eigenvalue weighted by Gasteiger charge is -2.30. The summed E-state index contributed by atoms with van der Waals surface area (Å²) in [4.78, 5) is 25.6. The Balaban J connectivity index is 1.77. The van der Waals surface area contributed by atoms with Crippen LogP contribution in [0.15, 0.2) is 12.1 Å². The lowest BCUT2D eigenvalue weighted by atomic mass is 9.94. The predicted molar refractivity (Wildman–Crippen MR) is 87.5 cm³/mol. The minimum atomic E-state index is -1.66. The third kappa shape index (κ3) is 5.45. The summed E-state index contributed by atoms with van der Waals surface area (Å²) in [6, 6.07) is 2.00. The molecule has 0 spiro atoms. The van der Waals surface area contributed by atoms with E-state index in [2.05, 4.69) is 10.6 Å². The molecule has 138 valence electrons. The molecule has 0 unspecified atom stereocenters. The van der Waals surface area contributed by atoms with Gasteiger partial charge in [0.1, 0.15) is 0 Å². The molecule has 1 aliphatic carbocycles. The Labute approximate surface area is 144 Å². The summed E-state index contributed by atoms with van der Waals surface area (Å²) < 4.78 is 39.4. The Hall–Kier alpha value is -2.09. The van der Waals surface area contributed by atoms with Gasteiger partial charge >= 0.3 is 0 Å². The first-order chi connectivity index (χ1) is 11.9. The summed E-state index contributed by atoms with van der Waals surface area (Å²) in [6.45, 7) is -0.215. The summed E-state index contributed by atoms with van der Waals surface area (Å²) in [5, 5.41) is 4.54. The number of carbonyl (C=O) groups excluding carboxylic acids is 2. The smallest absolute Gasteiger partial charge is 0.243 e. The lowest BCUT2D eigenvalue weighted by Crippen LogP contribution is -2.43. The summed E-state index contributed by atoms with van der Waals surface area (Å²) in [5.41, 5.74) is -0.475. The van der Waals surface area contributed by atoms with E-state index < -0.39 is 29.0 Å². The monoisotopic (exact) mass is 357 g/mol. The van der Waals surface area contributed by atoms with Gasteiger partial charge < -0.3 is 10.6 Å². The van der Waals surface area contributed by atoms with Gasteiger partial charge in [0.15, 0.2) is 17.5 Å². The van der Waals surface area contributed by atoms with Gasteiger partial charge in [0, 0.05) is 6.04 Å². The molecule has 25 heavy (non-hydrogen) atoms. The zero-order valence-corrected chi connectivity index (χ0v) is 14.1. The molecule has 0 saturated heterocycles. The number of hydrogen-bond acceptors (Lipinski definition) is 3. The second kappa shape index (κ2) is 8.84. The molecule has 2 amide bonds. The topological polar surface area (TPSA) is 61.4 Å². The van der Waals surface area contributed by atoms with Crippen LogP contribution < -0.4 is 10.6 Å². The Kier molecular flexibility index (Phi) is 6.81. The van der Waals surface area contributed by atoms with E-state index in [0.29, 0.717) is 12.1 Å². The number of benzene rings is 1. The molecule has 8 heteroatoms. The van der Waals surface area contributed by atoms with Crippen LogP contribution in [0.2, 0.25) is 0 Å². The third-order valence-electron chi connectivity index (χ3n) is 4.35. The van der Waals surface area contributed by atoms with Gasteiger partial charge in [-0.25, -0.2) is 13.2 Å². The molecule has 0 heterocycles. The van der Waals surface area contributed by atoms with Crippen molar-refractivity contribution in [1.29, 1.82) is 0 Å². The molecule has 0 aliphatic heterocycles. The minimum absolute atomic E-state index is 0.164. The van der Waals surface area contributed by atoms with E-state index in [0.717, 1.165) is 31.7 Å². The second-order valence-electron chi connectivity index (χ2n) is 6.25. The average molecular weight is 357 g/mol. The van der Waals surface area contributed by atoms with E-state index in [1.807, 2.05) is 11.9 Å². The van der Waals surface area contributed by atoms with Gasteiger partial charge in [-0.2, -0.15) is 0 Å². The first-order valence-electron chi connectivity index (χ1n) is 8.28. The van der Waals surface area contributed by atoms with Crippen LogP contribution in [-0.4, -0.2) is 42.9 Å². The Morgan fingerprint density at radius 2 is 1.76 bits per heavy atom. The average Bonchev–Trinajstić information content (AvgIpc) is 2.61. The van der Waals surface area contributed by atoms with Gasteiger partial charge in [0.2, 0.25) is 11.8 Å². The number of nitrogens with zero attached hydrogens (tertiary/aromatic N) is 1. The van der Waals surface area contributed by atoms with Gasteiger partial charge in [-0.15, -0.1) is 0 Å². The molecule has 0 bridgehead atoms. The molecular formula is C17H22F3N3O2. The van der Waals surface area contributed by atoms with Crippen molar-refractivity contribution in [3.05, 3.63) is 29.6 Å². The van der Waals surface area contributed by atoms with Crippen molar-refractivity contribution in [2.24, 2.45) is 0 Å². The maximum atomic E-state index is 13.5. The van der Waals surface area contributed by atoms with Crippen LogP contribution in [0, 0.1) is 17.5 Å². The fraction of sp³-hybridized carbons (Fsp3) is 0.529. The normalized spacial score (nSPS) is 15.2. The van der Waals surface area contributed by atoms with Crippen LogP contribution in [0.3, 0.4) is 0 Å². The predicted octanol–water partition coefficient (Wildman–Crippen LogP) is 2.42. The van der Waals surface area contributed by atoms with Crippen LogP contribution >= 0.6 is 0 Å². The molecule has 1 aromatic carbocycles. The summed E-state index contributed by atoms with van der Waals surface area (Å²) in [7, 11) is 1.87. The molecule has 1 aliphatic rings. The standard InChI is InChI=1S/C17H22F3N3O2/c1-23(11-5-3-2-4-6-11)10-15(25)21-9-14(24)22-13-8-7-12(18)16(19)17(13)20/h7-8,11H,2-6,9-10H2,1H3,(H,21,25)(H,22,24). The van der Waals surface area contributed by atoms with Crippen LogP contribution in [-0.2, 0) is 9.59 Å². The van der Waals surface area contributed by atoms with E-state index in [-0.39, 0.29) is 19.0 Å². The quantitative estimate of drug-likeness (QED) is 0.769. The van der Waals surface area contributed by atoms with Crippen molar-refractivity contribution >= 4 is 17.5 Å². The summed E-state index contributed by atoms with van der Waals surface area (Å²) in [6.07, 6.45) is 5.63. The molecular weight excluding hydrogens is 335 g/mol. The molecule has 2 rings (SSSR count). The molecule has 1 aromatic rings. The molecule has 0 aromatic heterocycles. The third-order valence-corrected chi connectivity index (χ3v) is 4.35. The van der Waals surface area contributed by atoms with Gasteiger partial charge in [0.05, 0.1) is 18.8 Å². The van der Waals surface area contributed by atoms with E-state index in [1.165, 1.54) is 6.42 Å². The maximum absolute atomic E-state index is 13.5. The van der Waals surface area contributed by atoms with Crippen LogP contribution in [0.4, 0.5) is 18.9 Å². The Morgan fingerprint density at radius 3 is 2.44 bits per heavy atom. The number of halogens is 3. The minimum Gasteiger partial charge on any atom is -0.346 e. The van der Waals surface area contributed by atoms with Crippen molar-refractivity contribution in [2.45, 2.75) is 38.1 Å². The first kappa shape index (κ1) is 19.2. The molecule has 0 radical (unpaired) electrons. The fourth-order valence-corrected chi connectivity index (χ4v) is 2.93. The van der Waals surface area contributed by atoms with Gasteiger partial charge in [-0.05, 0) is 32.0 Å². The highest BCUT2D eigenvalue weighted by atomic mass is 19.2. The fourth-order valence-electron chi connectivity index (χ4n) is 2.93. The van der Waals surface area contributed by atoms with Crippen LogP contribution in [0.25, 0.3) is 0 Å². The van der Waals surface area contributed by atoms with Crippen molar-refractivity contribution in [3.63, 3.8) is 0 Å². The van der Waals surface area contributed by atoms with E-state index in [9.17, 15) is 22.8 Å². The Bertz CT molecular complexity index is 634. The molecule has 2 N–H and O–H groups in total. The number of likely N-dealkylation sites (N-methyl/N-ethyl adjacent to an activating group) is 1. The molecule has 0 atom stereocenters. The zero-order chi connectivity index (χ0) is 18.4. The van der Waals surface area contributed by atoms with Gasteiger partial charge in [-0.1, -0.05) is 19.3 Å². The number of rotatable bonds is 6. The van der Waals surface area contributed by atoms with E-state index in [4.69, 9.17) is 0 Å². The summed E-state index contributed by atoms with van der Waals surface area (Å²) >= 11 is 0. The highest BCUT2D eigenvalue weighted by Crippen LogP contribution is 2.21. The molecule has 1 fully saturated rings. The largest absolute Gasteiger partial charge is 0.346 e. The van der Waals surface area contributed by atoms with Gasteiger partial charge in [0.25, 0.3) is 0 Å². The molecule has 1 saturated carbocycles. The lowest BCUT2D eigenvalue weighted by molar-refractivity contribution is -0.125. The number of anilines is 1. The number of carbonyl (C=O) groups is 2.